The molecule has 4 nitrogen and oxygen atoms in total. The van der Waals surface area contributed by atoms with Gasteiger partial charge >= 0.3 is 0 Å². The van der Waals surface area contributed by atoms with E-state index in [2.05, 4.69) is 27.4 Å². The number of carbonyl (C=O) groups is 1. The normalized spacial score (nSPS) is 18.3. The Labute approximate surface area is 105 Å². The van der Waals surface area contributed by atoms with Crippen molar-refractivity contribution >= 4 is 22.9 Å². The Bertz CT molecular complexity index is 567. The van der Waals surface area contributed by atoms with E-state index in [4.69, 9.17) is 0 Å². The highest BCUT2D eigenvalue weighted by Crippen LogP contribution is 2.21. The molecule has 4 heteroatoms. The van der Waals surface area contributed by atoms with Crippen LogP contribution >= 0.6 is 0 Å². The molecular formula is C14H15N3O. The first kappa shape index (κ1) is 11.0. The Hall–Kier alpha value is -2.10. The number of hydrogen-bond donors (Lipinski definition) is 2. The number of fused-ring (bicyclic) bond motifs is 1. The monoisotopic (exact) mass is 241 g/mol. The van der Waals surface area contributed by atoms with E-state index in [1.807, 2.05) is 24.3 Å². The fourth-order valence-corrected chi connectivity index (χ4v) is 2.30. The van der Waals surface area contributed by atoms with Crippen molar-refractivity contribution in [3.63, 3.8) is 0 Å². The summed E-state index contributed by atoms with van der Waals surface area (Å²) in [7, 11) is 0. The van der Waals surface area contributed by atoms with Gasteiger partial charge in [0, 0.05) is 6.42 Å². The fourth-order valence-electron chi connectivity index (χ4n) is 2.30. The quantitative estimate of drug-likeness (QED) is 0.812. The summed E-state index contributed by atoms with van der Waals surface area (Å²) in [5, 5.41) is 2.82. The third-order valence-corrected chi connectivity index (χ3v) is 3.21. The van der Waals surface area contributed by atoms with Gasteiger partial charge in [-0.05, 0) is 30.9 Å². The van der Waals surface area contributed by atoms with Crippen LogP contribution in [0.4, 0.5) is 5.95 Å². The van der Waals surface area contributed by atoms with Crippen molar-refractivity contribution in [1.29, 1.82) is 0 Å². The summed E-state index contributed by atoms with van der Waals surface area (Å²) in [6, 6.07) is 7.73. The Balaban J connectivity index is 1.68. The molecule has 2 aromatic rings. The molecule has 0 aliphatic heterocycles. The lowest BCUT2D eigenvalue weighted by Crippen LogP contribution is -2.15. The van der Waals surface area contributed by atoms with Gasteiger partial charge in [-0.1, -0.05) is 24.3 Å². The third-order valence-electron chi connectivity index (χ3n) is 3.21. The standard InChI is InChI=1S/C14H15N3O/c18-13(9-10-5-1-2-6-10)17-14-15-11-7-3-4-8-12(11)16-14/h1,3-5,7-8,10H,2,6,9H2,(H2,15,16,17,18). The minimum Gasteiger partial charge on any atom is -0.324 e. The SMILES string of the molecule is O=C(CC1C=CCC1)Nc1nc2ccccc2[nH]1. The van der Waals surface area contributed by atoms with E-state index >= 15 is 0 Å². The van der Waals surface area contributed by atoms with Crippen LogP contribution in [-0.4, -0.2) is 15.9 Å². The number of anilines is 1. The first-order valence-corrected chi connectivity index (χ1v) is 6.22. The van der Waals surface area contributed by atoms with Crippen LogP contribution in [0.25, 0.3) is 11.0 Å². The van der Waals surface area contributed by atoms with E-state index in [0.29, 0.717) is 18.3 Å². The van der Waals surface area contributed by atoms with Crippen LogP contribution in [-0.2, 0) is 4.79 Å². The van der Waals surface area contributed by atoms with Crippen LogP contribution in [0, 0.1) is 5.92 Å². The number of nitrogens with one attached hydrogen (secondary N) is 2. The van der Waals surface area contributed by atoms with E-state index < -0.39 is 0 Å². The number of carbonyl (C=O) groups excluding carboxylic acids is 1. The molecule has 0 bridgehead atoms. The molecule has 1 aromatic carbocycles. The van der Waals surface area contributed by atoms with Gasteiger partial charge in [-0.2, -0.15) is 0 Å². The molecule has 1 amide bonds. The summed E-state index contributed by atoms with van der Waals surface area (Å²) in [6.07, 6.45) is 6.96. The zero-order chi connectivity index (χ0) is 12.4. The van der Waals surface area contributed by atoms with Gasteiger partial charge in [0.2, 0.25) is 11.9 Å². The molecule has 18 heavy (non-hydrogen) atoms. The second-order valence-corrected chi connectivity index (χ2v) is 4.62. The molecule has 1 aliphatic rings. The minimum atomic E-state index is 0.0191. The summed E-state index contributed by atoms with van der Waals surface area (Å²) >= 11 is 0. The lowest BCUT2D eigenvalue weighted by atomic mass is 10.1. The topological polar surface area (TPSA) is 57.8 Å². The summed E-state index contributed by atoms with van der Waals surface area (Å²) in [4.78, 5) is 19.3. The van der Waals surface area contributed by atoms with Gasteiger partial charge < -0.3 is 4.98 Å². The molecule has 1 aliphatic carbocycles. The van der Waals surface area contributed by atoms with E-state index in [-0.39, 0.29) is 5.91 Å². The number of amides is 1. The molecular weight excluding hydrogens is 226 g/mol. The molecule has 0 saturated heterocycles. The molecule has 2 N–H and O–H groups in total. The number of imidazole rings is 1. The van der Waals surface area contributed by atoms with E-state index in [9.17, 15) is 4.79 Å². The first-order valence-electron chi connectivity index (χ1n) is 6.22. The highest BCUT2D eigenvalue weighted by atomic mass is 16.1. The van der Waals surface area contributed by atoms with E-state index in [1.54, 1.807) is 0 Å². The number of allylic oxidation sites excluding steroid dienone is 2. The average molecular weight is 241 g/mol. The number of nitrogens with zero attached hydrogens (tertiary/aromatic N) is 1. The van der Waals surface area contributed by atoms with Crippen molar-refractivity contribution in [2.45, 2.75) is 19.3 Å². The van der Waals surface area contributed by atoms with Crippen molar-refractivity contribution < 1.29 is 4.79 Å². The number of para-hydroxylation sites is 2. The Kier molecular flexibility index (Phi) is 2.84. The second kappa shape index (κ2) is 4.64. The van der Waals surface area contributed by atoms with Gasteiger partial charge in [-0.25, -0.2) is 4.98 Å². The lowest BCUT2D eigenvalue weighted by molar-refractivity contribution is -0.116. The molecule has 0 saturated carbocycles. The highest BCUT2D eigenvalue weighted by molar-refractivity contribution is 5.91. The van der Waals surface area contributed by atoms with Gasteiger partial charge in [0.15, 0.2) is 0 Å². The molecule has 1 aromatic heterocycles. The molecule has 0 spiro atoms. The molecule has 1 heterocycles. The van der Waals surface area contributed by atoms with Gasteiger partial charge in [0.1, 0.15) is 0 Å². The maximum Gasteiger partial charge on any atom is 0.227 e. The van der Waals surface area contributed by atoms with E-state index in [0.717, 1.165) is 23.9 Å². The van der Waals surface area contributed by atoms with Crippen molar-refractivity contribution in [2.75, 3.05) is 5.32 Å². The average Bonchev–Trinajstić information content (AvgIpc) is 2.96. The van der Waals surface area contributed by atoms with Gasteiger partial charge in [-0.3, -0.25) is 10.1 Å². The lowest BCUT2D eigenvalue weighted by Gasteiger charge is -2.06. The first-order chi connectivity index (χ1) is 8.81. The molecule has 3 rings (SSSR count). The predicted molar refractivity (Wildman–Crippen MR) is 71.2 cm³/mol. The number of aromatic nitrogens is 2. The van der Waals surface area contributed by atoms with Crippen LogP contribution < -0.4 is 5.32 Å². The molecule has 1 unspecified atom stereocenters. The maximum absolute atomic E-state index is 11.8. The van der Waals surface area contributed by atoms with Gasteiger partial charge in [0.05, 0.1) is 11.0 Å². The van der Waals surface area contributed by atoms with Crippen LogP contribution in [0.2, 0.25) is 0 Å². The van der Waals surface area contributed by atoms with Gasteiger partial charge in [0.25, 0.3) is 0 Å². The number of aromatic amines is 1. The van der Waals surface area contributed by atoms with Crippen molar-refractivity contribution in [2.24, 2.45) is 5.92 Å². The number of benzene rings is 1. The van der Waals surface area contributed by atoms with Crippen LogP contribution in [0.5, 0.6) is 0 Å². The predicted octanol–water partition coefficient (Wildman–Crippen LogP) is 2.86. The molecule has 92 valence electrons. The van der Waals surface area contributed by atoms with E-state index in [1.165, 1.54) is 0 Å². The zero-order valence-electron chi connectivity index (χ0n) is 10.0. The van der Waals surface area contributed by atoms with Crippen molar-refractivity contribution in [3.05, 3.63) is 36.4 Å². The molecule has 1 atom stereocenters. The number of H-pyrrole nitrogens is 1. The minimum absolute atomic E-state index is 0.0191. The number of rotatable bonds is 3. The maximum atomic E-state index is 11.8. The van der Waals surface area contributed by atoms with Crippen molar-refractivity contribution in [3.8, 4) is 0 Å². The Morgan fingerprint density at radius 2 is 2.33 bits per heavy atom. The summed E-state index contributed by atoms with van der Waals surface area (Å²) in [5.74, 6) is 0.933. The van der Waals surface area contributed by atoms with Crippen LogP contribution in [0.1, 0.15) is 19.3 Å². The number of hydrogen-bond acceptors (Lipinski definition) is 2. The molecule has 0 fully saturated rings. The largest absolute Gasteiger partial charge is 0.324 e. The zero-order valence-corrected chi connectivity index (χ0v) is 10.0. The van der Waals surface area contributed by atoms with Gasteiger partial charge in [-0.15, -0.1) is 0 Å². The van der Waals surface area contributed by atoms with Crippen LogP contribution in [0.3, 0.4) is 0 Å². The Morgan fingerprint density at radius 3 is 3.11 bits per heavy atom. The second-order valence-electron chi connectivity index (χ2n) is 4.62. The Morgan fingerprint density at radius 1 is 1.44 bits per heavy atom. The third kappa shape index (κ3) is 2.27. The summed E-state index contributed by atoms with van der Waals surface area (Å²) < 4.78 is 0. The smallest absolute Gasteiger partial charge is 0.227 e. The highest BCUT2D eigenvalue weighted by Gasteiger charge is 2.14. The van der Waals surface area contributed by atoms with Crippen molar-refractivity contribution in [1.82, 2.24) is 9.97 Å². The fraction of sp³-hybridized carbons (Fsp3) is 0.286. The summed E-state index contributed by atoms with van der Waals surface area (Å²) in [5.41, 5.74) is 1.81. The molecule has 0 radical (unpaired) electrons. The summed E-state index contributed by atoms with van der Waals surface area (Å²) in [6.45, 7) is 0. The van der Waals surface area contributed by atoms with Crippen LogP contribution in [0.15, 0.2) is 36.4 Å².